The van der Waals surface area contributed by atoms with E-state index in [1.165, 1.54) is 80.7 Å². The Kier molecular flexibility index (Phi) is 10.8. The van der Waals surface area contributed by atoms with E-state index in [0.717, 1.165) is 32.2 Å². The van der Waals surface area contributed by atoms with Gasteiger partial charge in [0.2, 0.25) is 0 Å². The van der Waals surface area contributed by atoms with Crippen LogP contribution in [0.25, 0.3) is 0 Å². The molecule has 0 aromatic heterocycles. The number of nitrogens with one attached hydrogen (secondary N) is 1. The largest absolute Gasteiger partial charge is 0.335 e. The number of rotatable bonds is 10. The van der Waals surface area contributed by atoms with Crippen molar-refractivity contribution in [3.63, 3.8) is 0 Å². The minimum atomic E-state index is 0.246. The van der Waals surface area contributed by atoms with E-state index in [9.17, 15) is 0 Å². The number of quaternary nitrogens is 1. The number of anilines is 1. The van der Waals surface area contributed by atoms with Gasteiger partial charge in [0.05, 0.1) is 22.2 Å². The van der Waals surface area contributed by atoms with E-state index in [2.05, 4.69) is 149 Å². The maximum Gasteiger partial charge on any atom is 0.163 e. The van der Waals surface area contributed by atoms with Crippen LogP contribution in [0.1, 0.15) is 92.9 Å². The van der Waals surface area contributed by atoms with Crippen molar-refractivity contribution in [2.75, 3.05) is 18.0 Å². The molecule has 2 aromatic rings. The molecule has 2 aromatic carbocycles. The zero-order chi connectivity index (χ0) is 33.0. The van der Waals surface area contributed by atoms with Crippen LogP contribution in [-0.2, 0) is 0 Å². The molecule has 0 bridgehead atoms. The molecule has 2 heterocycles. The number of thioether (sulfide) groups is 2. The molecule has 2 atom stereocenters. The van der Waals surface area contributed by atoms with Gasteiger partial charge >= 0.3 is 0 Å². The molecule has 6 rings (SSSR count). The van der Waals surface area contributed by atoms with Crippen LogP contribution in [-0.4, -0.2) is 18.5 Å². The van der Waals surface area contributed by atoms with Crippen LogP contribution in [0, 0.1) is 10.8 Å². The summed E-state index contributed by atoms with van der Waals surface area (Å²) in [5.74, 6) is 0. The van der Waals surface area contributed by atoms with Crippen LogP contribution in [0.4, 0.5) is 11.4 Å². The number of nitrogens with zero attached hydrogens (tertiary/aromatic N) is 1. The first-order valence-electron chi connectivity index (χ1n) is 18.0. The Hall–Kier alpha value is -2.66. The van der Waals surface area contributed by atoms with Crippen LogP contribution >= 0.6 is 23.5 Å². The van der Waals surface area contributed by atoms with Crippen molar-refractivity contribution in [1.29, 1.82) is 0 Å². The zero-order valence-electron chi connectivity index (χ0n) is 29.6. The van der Waals surface area contributed by atoms with Gasteiger partial charge in [-0.25, -0.2) is 0 Å². The van der Waals surface area contributed by atoms with Crippen LogP contribution in [0.5, 0.6) is 0 Å². The highest BCUT2D eigenvalue weighted by atomic mass is 32.2. The van der Waals surface area contributed by atoms with Crippen LogP contribution in [0.15, 0.2) is 128 Å². The van der Waals surface area contributed by atoms with Crippen LogP contribution in [0.2, 0.25) is 0 Å². The summed E-state index contributed by atoms with van der Waals surface area (Å²) in [6.07, 6.45) is 26.6. The topological polar surface area (TPSA) is 7.68 Å². The molecule has 2 aliphatic heterocycles. The van der Waals surface area contributed by atoms with E-state index in [-0.39, 0.29) is 10.8 Å². The summed E-state index contributed by atoms with van der Waals surface area (Å²) in [6, 6.07) is 17.9. The quantitative estimate of drug-likeness (QED) is 0.271. The lowest BCUT2D eigenvalue weighted by atomic mass is 9.74. The van der Waals surface area contributed by atoms with Gasteiger partial charge in [-0.05, 0) is 102 Å². The molecule has 0 saturated heterocycles. The van der Waals surface area contributed by atoms with E-state index in [1.54, 1.807) is 4.90 Å². The van der Waals surface area contributed by atoms with Crippen molar-refractivity contribution in [2.24, 2.45) is 10.8 Å². The van der Waals surface area contributed by atoms with Crippen LogP contribution in [0.3, 0.4) is 0 Å². The van der Waals surface area contributed by atoms with E-state index in [0.29, 0.717) is 5.37 Å². The molecular formula is C43H55N2S2+. The number of benzene rings is 2. The average Bonchev–Trinajstić information content (AvgIpc) is 3.54. The van der Waals surface area contributed by atoms with Crippen molar-refractivity contribution in [3.8, 4) is 0 Å². The molecule has 47 heavy (non-hydrogen) atoms. The molecule has 0 saturated carbocycles. The highest BCUT2D eigenvalue weighted by molar-refractivity contribution is 8.03. The Morgan fingerprint density at radius 2 is 1.49 bits per heavy atom. The average molecular weight is 664 g/mol. The molecule has 2 unspecified atom stereocenters. The predicted octanol–water partition coefficient (Wildman–Crippen LogP) is 11.6. The molecule has 0 radical (unpaired) electrons. The third-order valence-electron chi connectivity index (χ3n) is 9.77. The fourth-order valence-electron chi connectivity index (χ4n) is 7.76. The standard InChI is InChI=1S/C43H54N2S2/c1-7-9-22-44-36-18-11-13-20-38(36)46-40(44)26-34-24-32(28-42(3,4)30-34)16-15-17-33-25-35(31-43(5,6)29-33)27-41-45(23-10-8-2)37-19-12-14-21-39(37)47-41/h11-21,24-27,40H,7-10,22-23,28-31H2,1-6H3/p+1/b16-15+,33-17-,34-26-,41-27-. The highest BCUT2D eigenvalue weighted by Gasteiger charge is 2.35. The Balaban J connectivity index is 1.22. The molecule has 0 spiro atoms. The van der Waals surface area contributed by atoms with E-state index >= 15 is 0 Å². The summed E-state index contributed by atoms with van der Waals surface area (Å²) in [5.41, 5.74) is 9.21. The molecule has 4 heteroatoms. The Labute approximate surface area is 293 Å². The Morgan fingerprint density at radius 3 is 2.28 bits per heavy atom. The first-order valence-corrected chi connectivity index (χ1v) is 19.7. The first kappa shape index (κ1) is 34.2. The molecule has 0 fully saturated rings. The second kappa shape index (κ2) is 14.8. The number of hydrogen-bond donors (Lipinski definition) is 1. The monoisotopic (exact) mass is 663 g/mol. The zero-order valence-corrected chi connectivity index (χ0v) is 31.2. The third-order valence-corrected chi connectivity index (χ3v) is 12.2. The summed E-state index contributed by atoms with van der Waals surface area (Å²) >= 11 is 3.99. The van der Waals surface area contributed by atoms with Crippen molar-refractivity contribution in [1.82, 2.24) is 0 Å². The summed E-state index contributed by atoms with van der Waals surface area (Å²) in [6.45, 7) is 16.6. The minimum Gasteiger partial charge on any atom is -0.335 e. The lowest BCUT2D eigenvalue weighted by molar-refractivity contribution is -0.835. The van der Waals surface area contributed by atoms with Gasteiger partial charge in [-0.1, -0.05) is 133 Å². The predicted molar refractivity (Wildman–Crippen MR) is 207 cm³/mol. The van der Waals surface area contributed by atoms with Crippen molar-refractivity contribution in [3.05, 3.63) is 118 Å². The second-order valence-electron chi connectivity index (χ2n) is 15.5. The minimum absolute atomic E-state index is 0.246. The highest BCUT2D eigenvalue weighted by Crippen LogP contribution is 2.48. The first-order chi connectivity index (χ1) is 22.6. The maximum absolute atomic E-state index is 2.60. The smallest absolute Gasteiger partial charge is 0.163 e. The number of hydrogen-bond acceptors (Lipinski definition) is 3. The molecule has 2 nitrogen and oxygen atoms in total. The normalized spacial score (nSPS) is 25.8. The SMILES string of the molecule is CCCCN1/C(=C/C2=CC(=C/C=C/C3=CC(=C/C4Sc5ccccc5[NH+]4CCCC)/CC(C)(C)C3)/CC(C)(C)C2)Sc2ccccc21. The number of para-hydroxylation sites is 2. The van der Waals surface area contributed by atoms with Crippen LogP contribution < -0.4 is 9.80 Å². The van der Waals surface area contributed by atoms with Gasteiger partial charge in [0.25, 0.3) is 0 Å². The molecule has 1 N–H and O–H groups in total. The Bertz CT molecular complexity index is 1630. The van der Waals surface area contributed by atoms with Gasteiger partial charge in [0.15, 0.2) is 5.37 Å². The second-order valence-corrected chi connectivity index (χ2v) is 17.8. The molecule has 2 aliphatic carbocycles. The van der Waals surface area contributed by atoms with E-state index in [4.69, 9.17) is 0 Å². The lowest BCUT2D eigenvalue weighted by Crippen LogP contribution is -3.09. The summed E-state index contributed by atoms with van der Waals surface area (Å²) < 4.78 is 0. The summed E-state index contributed by atoms with van der Waals surface area (Å²) in [7, 11) is 0. The van der Waals surface area contributed by atoms with Gasteiger partial charge in [-0.15, -0.1) is 0 Å². The van der Waals surface area contributed by atoms with Crippen molar-refractivity contribution >= 4 is 34.9 Å². The van der Waals surface area contributed by atoms with Gasteiger partial charge in [0.1, 0.15) is 5.69 Å². The van der Waals surface area contributed by atoms with Gasteiger partial charge in [-0.2, -0.15) is 0 Å². The molecule has 4 aliphatic rings. The third kappa shape index (κ3) is 8.50. The fourth-order valence-corrected chi connectivity index (χ4v) is 10.3. The van der Waals surface area contributed by atoms with Crippen molar-refractivity contribution < 1.29 is 4.90 Å². The summed E-state index contributed by atoms with van der Waals surface area (Å²) in [4.78, 5) is 7.01. The van der Waals surface area contributed by atoms with E-state index < -0.39 is 0 Å². The van der Waals surface area contributed by atoms with Gasteiger partial charge in [-0.3, -0.25) is 4.90 Å². The van der Waals surface area contributed by atoms with E-state index in [1.807, 2.05) is 11.8 Å². The van der Waals surface area contributed by atoms with Crippen molar-refractivity contribution in [2.45, 2.75) is 108 Å². The number of unbranched alkanes of at least 4 members (excludes halogenated alkanes) is 2. The number of allylic oxidation sites excluding steroid dienone is 10. The summed E-state index contributed by atoms with van der Waals surface area (Å²) in [5, 5.41) is 1.84. The molecular weight excluding hydrogens is 609 g/mol. The maximum atomic E-state index is 2.60. The molecule has 0 amide bonds. The molecule has 248 valence electrons. The lowest BCUT2D eigenvalue weighted by Gasteiger charge is -2.31. The Morgan fingerprint density at radius 1 is 0.809 bits per heavy atom. The van der Waals surface area contributed by atoms with Gasteiger partial charge in [0, 0.05) is 17.5 Å². The van der Waals surface area contributed by atoms with Gasteiger partial charge < -0.3 is 4.90 Å². The fraction of sp³-hybridized carbons (Fsp3) is 0.442. The number of fused-ring (bicyclic) bond motifs is 2.